The smallest absolute Gasteiger partial charge is 0.0506 e. The summed E-state index contributed by atoms with van der Waals surface area (Å²) in [5, 5.41) is 0. The second-order valence-electron chi connectivity index (χ2n) is 8.13. The predicted octanol–water partition coefficient (Wildman–Crippen LogP) is 2.89. The van der Waals surface area contributed by atoms with Crippen LogP contribution in [0.5, 0.6) is 0 Å². The Morgan fingerprint density at radius 2 is 1.95 bits per heavy atom. The Morgan fingerprint density at radius 1 is 1.20 bits per heavy atom. The Balaban J connectivity index is 1.90. The number of hydrogen-bond acceptors (Lipinski definition) is 3. The Morgan fingerprint density at radius 3 is 2.55 bits per heavy atom. The van der Waals surface area contributed by atoms with Crippen LogP contribution in [-0.2, 0) is 4.74 Å². The van der Waals surface area contributed by atoms with Crippen molar-refractivity contribution in [2.24, 2.45) is 23.0 Å². The lowest BCUT2D eigenvalue weighted by Gasteiger charge is -2.45. The van der Waals surface area contributed by atoms with Gasteiger partial charge in [0.15, 0.2) is 0 Å². The quantitative estimate of drug-likeness (QED) is 0.865. The molecule has 3 nitrogen and oxygen atoms in total. The first-order valence-electron chi connectivity index (χ1n) is 8.41. The Hall–Kier alpha value is -0.120. The largest absolute Gasteiger partial charge is 0.381 e. The standard InChI is InChI=1S/C17H34N2O/c1-17(2,3)14-7-8-15(18)16(10-14)19(4)11-13-6-5-9-20-12-13/h13-16H,5-12,18H2,1-4H3. The lowest BCUT2D eigenvalue weighted by atomic mass is 9.69. The van der Waals surface area contributed by atoms with Crippen LogP contribution in [0.2, 0.25) is 0 Å². The van der Waals surface area contributed by atoms with Gasteiger partial charge in [-0.25, -0.2) is 0 Å². The van der Waals surface area contributed by atoms with Gasteiger partial charge in [-0.2, -0.15) is 0 Å². The lowest BCUT2D eigenvalue weighted by molar-refractivity contribution is 0.0215. The first kappa shape index (κ1) is 16.3. The van der Waals surface area contributed by atoms with E-state index in [0.717, 1.165) is 25.7 Å². The van der Waals surface area contributed by atoms with Crippen LogP contribution in [-0.4, -0.2) is 43.8 Å². The van der Waals surface area contributed by atoms with Crippen molar-refractivity contribution in [1.29, 1.82) is 0 Å². The molecule has 1 heterocycles. The van der Waals surface area contributed by atoms with Crippen LogP contribution in [0, 0.1) is 17.3 Å². The van der Waals surface area contributed by atoms with Gasteiger partial charge in [-0.3, -0.25) is 0 Å². The number of nitrogens with two attached hydrogens (primary N) is 1. The van der Waals surface area contributed by atoms with Crippen molar-refractivity contribution < 1.29 is 4.74 Å². The SMILES string of the molecule is CN(CC1CCCOC1)C1CC(C(C)(C)C)CCC1N. The first-order chi connectivity index (χ1) is 9.38. The summed E-state index contributed by atoms with van der Waals surface area (Å²) in [5.41, 5.74) is 6.83. The molecule has 0 bridgehead atoms. The summed E-state index contributed by atoms with van der Waals surface area (Å²) in [7, 11) is 2.27. The van der Waals surface area contributed by atoms with Crippen molar-refractivity contribution in [1.82, 2.24) is 4.90 Å². The molecule has 2 N–H and O–H groups in total. The van der Waals surface area contributed by atoms with Gasteiger partial charge in [0.1, 0.15) is 0 Å². The third-order valence-corrected chi connectivity index (χ3v) is 5.46. The Kier molecular flexibility index (Phi) is 5.49. The zero-order valence-electron chi connectivity index (χ0n) is 13.9. The average Bonchev–Trinajstić information content (AvgIpc) is 2.39. The minimum Gasteiger partial charge on any atom is -0.381 e. The summed E-state index contributed by atoms with van der Waals surface area (Å²) in [6, 6.07) is 0.901. The average molecular weight is 282 g/mol. The van der Waals surface area contributed by atoms with Crippen molar-refractivity contribution in [2.75, 3.05) is 26.8 Å². The Labute approximate surface area is 125 Å². The van der Waals surface area contributed by atoms with E-state index in [0.29, 0.717) is 23.4 Å². The van der Waals surface area contributed by atoms with Crippen LogP contribution in [0.1, 0.15) is 52.9 Å². The van der Waals surface area contributed by atoms with Crippen molar-refractivity contribution in [3.05, 3.63) is 0 Å². The van der Waals surface area contributed by atoms with Crippen LogP contribution in [0.3, 0.4) is 0 Å². The molecule has 2 aliphatic rings. The molecule has 0 radical (unpaired) electrons. The van der Waals surface area contributed by atoms with Crippen LogP contribution in [0.4, 0.5) is 0 Å². The molecule has 1 saturated carbocycles. The van der Waals surface area contributed by atoms with Gasteiger partial charge in [-0.15, -0.1) is 0 Å². The molecule has 0 aromatic carbocycles. The predicted molar refractivity (Wildman–Crippen MR) is 84.7 cm³/mol. The van der Waals surface area contributed by atoms with E-state index in [4.69, 9.17) is 10.5 Å². The van der Waals surface area contributed by atoms with E-state index in [1.807, 2.05) is 0 Å². The van der Waals surface area contributed by atoms with Crippen LogP contribution in [0.25, 0.3) is 0 Å². The van der Waals surface area contributed by atoms with Gasteiger partial charge in [0.2, 0.25) is 0 Å². The first-order valence-corrected chi connectivity index (χ1v) is 8.41. The summed E-state index contributed by atoms with van der Waals surface area (Å²) in [5.74, 6) is 1.51. The summed E-state index contributed by atoms with van der Waals surface area (Å²) in [6.45, 7) is 10.2. The molecule has 20 heavy (non-hydrogen) atoms. The molecule has 0 aromatic heterocycles. The van der Waals surface area contributed by atoms with Crippen LogP contribution in [0.15, 0.2) is 0 Å². The van der Waals surface area contributed by atoms with E-state index in [2.05, 4.69) is 32.7 Å². The van der Waals surface area contributed by atoms with Gasteiger partial charge < -0.3 is 15.4 Å². The summed E-state index contributed by atoms with van der Waals surface area (Å²) < 4.78 is 5.61. The maximum atomic E-state index is 6.42. The van der Waals surface area contributed by atoms with E-state index in [-0.39, 0.29) is 0 Å². The number of hydrogen-bond donors (Lipinski definition) is 1. The van der Waals surface area contributed by atoms with Gasteiger partial charge in [0.05, 0.1) is 6.61 Å². The zero-order chi connectivity index (χ0) is 14.8. The molecule has 0 aromatic rings. The third-order valence-electron chi connectivity index (χ3n) is 5.46. The fourth-order valence-corrected chi connectivity index (χ4v) is 3.96. The normalized spacial score (nSPS) is 36.3. The van der Waals surface area contributed by atoms with Gasteiger partial charge in [0.25, 0.3) is 0 Å². The summed E-state index contributed by atoms with van der Waals surface area (Å²) in [6.07, 6.45) is 6.27. The molecule has 1 aliphatic heterocycles. The van der Waals surface area contributed by atoms with Crippen molar-refractivity contribution in [3.63, 3.8) is 0 Å². The molecule has 4 atom stereocenters. The highest BCUT2D eigenvalue weighted by Crippen LogP contribution is 2.39. The topological polar surface area (TPSA) is 38.5 Å². The highest BCUT2D eigenvalue weighted by molar-refractivity contribution is 4.92. The fourth-order valence-electron chi connectivity index (χ4n) is 3.96. The maximum absolute atomic E-state index is 6.42. The van der Waals surface area contributed by atoms with Crippen molar-refractivity contribution in [3.8, 4) is 0 Å². The molecule has 2 rings (SSSR count). The highest BCUT2D eigenvalue weighted by Gasteiger charge is 2.36. The van der Waals surface area contributed by atoms with Crippen LogP contribution >= 0.6 is 0 Å². The van der Waals surface area contributed by atoms with E-state index < -0.39 is 0 Å². The van der Waals surface area contributed by atoms with E-state index in [9.17, 15) is 0 Å². The van der Waals surface area contributed by atoms with E-state index in [1.165, 1.54) is 32.1 Å². The third kappa shape index (κ3) is 4.19. The fraction of sp³-hybridized carbons (Fsp3) is 1.00. The molecule has 2 fully saturated rings. The van der Waals surface area contributed by atoms with E-state index in [1.54, 1.807) is 0 Å². The monoisotopic (exact) mass is 282 g/mol. The summed E-state index contributed by atoms with van der Waals surface area (Å²) in [4.78, 5) is 2.53. The van der Waals surface area contributed by atoms with Gasteiger partial charge in [0, 0.05) is 25.2 Å². The Bertz CT molecular complexity index is 294. The lowest BCUT2D eigenvalue weighted by Crippen LogP contribution is -2.52. The second kappa shape index (κ2) is 6.76. The maximum Gasteiger partial charge on any atom is 0.0506 e. The zero-order valence-corrected chi connectivity index (χ0v) is 13.9. The summed E-state index contributed by atoms with van der Waals surface area (Å²) >= 11 is 0. The number of ether oxygens (including phenoxy) is 1. The molecule has 118 valence electrons. The second-order valence-corrected chi connectivity index (χ2v) is 8.13. The number of nitrogens with zero attached hydrogens (tertiary/aromatic N) is 1. The molecule has 1 saturated heterocycles. The van der Waals surface area contributed by atoms with Crippen molar-refractivity contribution in [2.45, 2.75) is 65.0 Å². The number of likely N-dealkylation sites (N-methyl/N-ethyl adjacent to an activating group) is 1. The molecule has 1 aliphatic carbocycles. The highest BCUT2D eigenvalue weighted by atomic mass is 16.5. The molecular weight excluding hydrogens is 248 g/mol. The minimum absolute atomic E-state index is 0.350. The van der Waals surface area contributed by atoms with Crippen LogP contribution < -0.4 is 5.73 Å². The molecular formula is C17H34N2O. The van der Waals surface area contributed by atoms with Gasteiger partial charge >= 0.3 is 0 Å². The van der Waals surface area contributed by atoms with Gasteiger partial charge in [-0.1, -0.05) is 20.8 Å². The minimum atomic E-state index is 0.350. The van der Waals surface area contributed by atoms with E-state index >= 15 is 0 Å². The van der Waals surface area contributed by atoms with Gasteiger partial charge in [-0.05, 0) is 56.4 Å². The molecule has 4 unspecified atom stereocenters. The number of rotatable bonds is 3. The molecule has 3 heteroatoms. The molecule has 0 spiro atoms. The molecule has 0 amide bonds. The van der Waals surface area contributed by atoms with Crippen molar-refractivity contribution >= 4 is 0 Å².